The van der Waals surface area contributed by atoms with E-state index in [-0.39, 0.29) is 25.7 Å². The number of aliphatic hydroxyl groups excluding tert-OH is 1. The van der Waals surface area contributed by atoms with Gasteiger partial charge in [0.15, 0.2) is 12.2 Å². The number of rotatable bonds is 67. The van der Waals surface area contributed by atoms with Gasteiger partial charge >= 0.3 is 39.5 Å². The summed E-state index contributed by atoms with van der Waals surface area (Å²) >= 11 is 0. The van der Waals surface area contributed by atoms with Gasteiger partial charge in [-0.1, -0.05) is 292 Å². The van der Waals surface area contributed by atoms with Crippen LogP contribution in [0.2, 0.25) is 0 Å². The zero-order valence-corrected chi connectivity index (χ0v) is 58.1. The highest BCUT2D eigenvalue weighted by atomic mass is 31.2. The molecule has 0 aliphatic rings. The molecule has 17 nitrogen and oxygen atoms in total. The Morgan fingerprint density at radius 1 is 0.310 bits per heavy atom. The second kappa shape index (κ2) is 60.3. The van der Waals surface area contributed by atoms with Crippen molar-refractivity contribution in [2.24, 2.45) is 11.8 Å². The fraction of sp³-hybridized carbons (Fsp3) is 0.941. The van der Waals surface area contributed by atoms with Crippen molar-refractivity contribution in [1.29, 1.82) is 0 Å². The monoisotopic (exact) mass is 1280 g/mol. The molecule has 0 amide bonds. The summed E-state index contributed by atoms with van der Waals surface area (Å²) in [6.07, 6.45) is 44.8. The van der Waals surface area contributed by atoms with Crippen LogP contribution in [0.25, 0.3) is 0 Å². The van der Waals surface area contributed by atoms with Crippen molar-refractivity contribution in [3.8, 4) is 0 Å². The molecule has 3 N–H and O–H groups in total. The molecule has 0 aliphatic carbocycles. The largest absolute Gasteiger partial charge is 0.472 e. The molecule has 0 aromatic rings. The number of esters is 4. The maximum atomic E-state index is 13.0. The summed E-state index contributed by atoms with van der Waals surface area (Å²) in [5, 5.41) is 10.5. The standard InChI is InChI=1S/C68H132O17P2/c1-7-9-11-13-15-16-17-18-19-20-21-22-23-24-25-26-34-40-46-52-67(72)84-64(57-79-66(71)51-45-39-33-28-27-31-36-42-48-60(3)4)59-83-87(76,77)81-55-62(69)54-80-86(74,75)82-58-63(56-78-65(70)50-44-38-30-14-12-10-8-2)85-68(73)53-47-41-35-29-32-37-43-49-61(5)6/h60-64,69H,7-59H2,1-6H3,(H,74,75)(H,76,77)/t62-,63+,64+/m0/s1. The SMILES string of the molecule is CCCCCCCCCCCCCCCCCCCCCC(=O)O[C@H](COC(=O)CCCCCCCCCCC(C)C)COP(=O)(O)OC[C@@H](O)COP(=O)(O)OC[C@@H](COC(=O)CCCCCCCCC)OC(=O)CCCCCCCCCC(C)C. The predicted molar refractivity (Wildman–Crippen MR) is 349 cm³/mol. The fourth-order valence-electron chi connectivity index (χ4n) is 10.2. The molecule has 0 bridgehead atoms. The molecule has 5 atom stereocenters. The molecule has 0 radical (unpaired) electrons. The number of ether oxygens (including phenoxy) is 4. The molecule has 0 saturated carbocycles. The average molecular weight is 1280 g/mol. The summed E-state index contributed by atoms with van der Waals surface area (Å²) in [7, 11) is -9.89. The molecule has 0 aromatic carbocycles. The minimum absolute atomic E-state index is 0.103. The molecule has 0 spiro atoms. The molecule has 2 unspecified atom stereocenters. The maximum Gasteiger partial charge on any atom is 0.472 e. The number of hydrogen-bond donors (Lipinski definition) is 3. The number of hydrogen-bond acceptors (Lipinski definition) is 15. The van der Waals surface area contributed by atoms with E-state index in [4.69, 9.17) is 37.0 Å². The van der Waals surface area contributed by atoms with E-state index in [2.05, 4.69) is 41.5 Å². The topological polar surface area (TPSA) is 237 Å². The number of unbranched alkanes of at least 4 members (excludes halogenated alkanes) is 37. The third-order valence-electron chi connectivity index (χ3n) is 15.7. The first kappa shape index (κ1) is 85.1. The van der Waals surface area contributed by atoms with Gasteiger partial charge in [-0.05, 0) is 37.5 Å². The zero-order valence-electron chi connectivity index (χ0n) is 56.3. The van der Waals surface area contributed by atoms with E-state index < -0.39 is 97.5 Å². The molecular formula is C68H132O17P2. The first-order valence-corrected chi connectivity index (χ1v) is 38.5. The van der Waals surface area contributed by atoms with Crippen LogP contribution >= 0.6 is 15.6 Å². The lowest BCUT2D eigenvalue weighted by molar-refractivity contribution is -0.161. The van der Waals surface area contributed by atoms with Gasteiger partial charge in [0.05, 0.1) is 26.4 Å². The van der Waals surface area contributed by atoms with Crippen LogP contribution in [0.15, 0.2) is 0 Å². The third-order valence-corrected chi connectivity index (χ3v) is 17.6. The molecule has 516 valence electrons. The second-order valence-electron chi connectivity index (χ2n) is 25.5. The summed E-state index contributed by atoms with van der Waals surface area (Å²) < 4.78 is 68.0. The fourth-order valence-corrected chi connectivity index (χ4v) is 11.8. The Kier molecular flexibility index (Phi) is 59.0. The van der Waals surface area contributed by atoms with Crippen molar-refractivity contribution in [1.82, 2.24) is 0 Å². The van der Waals surface area contributed by atoms with Gasteiger partial charge in [-0.3, -0.25) is 37.3 Å². The van der Waals surface area contributed by atoms with Crippen LogP contribution in [-0.2, 0) is 65.4 Å². The van der Waals surface area contributed by atoms with E-state index in [1.54, 1.807) is 0 Å². The molecular weight excluding hydrogens is 1150 g/mol. The summed E-state index contributed by atoms with van der Waals surface area (Å²) in [6, 6.07) is 0. The van der Waals surface area contributed by atoms with Gasteiger partial charge in [0.25, 0.3) is 0 Å². The van der Waals surface area contributed by atoms with Gasteiger partial charge in [0, 0.05) is 25.7 Å². The summed E-state index contributed by atoms with van der Waals surface area (Å²) in [4.78, 5) is 72.2. The molecule has 0 heterocycles. The van der Waals surface area contributed by atoms with Crippen molar-refractivity contribution in [2.45, 2.75) is 362 Å². The highest BCUT2D eigenvalue weighted by Gasteiger charge is 2.30. The number of phosphoric ester groups is 2. The van der Waals surface area contributed by atoms with Gasteiger partial charge in [-0.15, -0.1) is 0 Å². The lowest BCUT2D eigenvalue weighted by Gasteiger charge is -2.21. The lowest BCUT2D eigenvalue weighted by Crippen LogP contribution is -2.30. The second-order valence-corrected chi connectivity index (χ2v) is 28.4. The van der Waals surface area contributed by atoms with Crippen molar-refractivity contribution in [3.05, 3.63) is 0 Å². The smallest absolute Gasteiger partial charge is 0.462 e. The van der Waals surface area contributed by atoms with E-state index in [0.29, 0.717) is 31.6 Å². The van der Waals surface area contributed by atoms with Crippen LogP contribution in [0.4, 0.5) is 0 Å². The normalized spacial score (nSPS) is 14.2. The zero-order chi connectivity index (χ0) is 64.3. The Labute approximate surface area is 530 Å². The lowest BCUT2D eigenvalue weighted by atomic mass is 10.0. The average Bonchev–Trinajstić information content (AvgIpc) is 3.70. The maximum absolute atomic E-state index is 13.0. The van der Waals surface area contributed by atoms with Gasteiger partial charge in [-0.25, -0.2) is 9.13 Å². The van der Waals surface area contributed by atoms with Gasteiger partial charge in [-0.2, -0.15) is 0 Å². The van der Waals surface area contributed by atoms with Gasteiger partial charge in [0.2, 0.25) is 0 Å². The Morgan fingerprint density at radius 2 is 0.529 bits per heavy atom. The van der Waals surface area contributed by atoms with Crippen LogP contribution in [-0.4, -0.2) is 96.7 Å². The third kappa shape index (κ3) is 62.6. The predicted octanol–water partition coefficient (Wildman–Crippen LogP) is 19.2. The number of aliphatic hydroxyl groups is 1. The van der Waals surface area contributed by atoms with Crippen molar-refractivity contribution < 1.29 is 80.2 Å². The van der Waals surface area contributed by atoms with Gasteiger partial charge in [0.1, 0.15) is 19.3 Å². The van der Waals surface area contributed by atoms with E-state index in [0.717, 1.165) is 109 Å². The van der Waals surface area contributed by atoms with Crippen molar-refractivity contribution in [2.75, 3.05) is 39.6 Å². The molecule has 19 heteroatoms. The van der Waals surface area contributed by atoms with Crippen LogP contribution < -0.4 is 0 Å². The highest BCUT2D eigenvalue weighted by molar-refractivity contribution is 7.47. The van der Waals surface area contributed by atoms with Crippen LogP contribution in [0, 0.1) is 11.8 Å². The van der Waals surface area contributed by atoms with E-state index >= 15 is 0 Å². The van der Waals surface area contributed by atoms with E-state index in [9.17, 15) is 43.2 Å². The molecule has 87 heavy (non-hydrogen) atoms. The first-order valence-electron chi connectivity index (χ1n) is 35.5. The quantitative estimate of drug-likeness (QED) is 0.0222. The molecule has 0 aliphatic heterocycles. The highest BCUT2D eigenvalue weighted by Crippen LogP contribution is 2.45. The first-order chi connectivity index (χ1) is 41.9. The molecule has 0 rings (SSSR count). The minimum Gasteiger partial charge on any atom is -0.462 e. The Balaban J connectivity index is 5.16. The molecule has 0 fully saturated rings. The number of carbonyl (C=O) groups excluding carboxylic acids is 4. The van der Waals surface area contributed by atoms with Crippen molar-refractivity contribution in [3.63, 3.8) is 0 Å². The molecule has 0 aromatic heterocycles. The molecule has 0 saturated heterocycles. The number of carbonyl (C=O) groups is 4. The van der Waals surface area contributed by atoms with Gasteiger partial charge < -0.3 is 33.8 Å². The Hall–Kier alpha value is -1.94. The van der Waals surface area contributed by atoms with Crippen molar-refractivity contribution >= 4 is 39.5 Å². The Morgan fingerprint density at radius 3 is 0.782 bits per heavy atom. The Bertz CT molecular complexity index is 1700. The van der Waals surface area contributed by atoms with Crippen LogP contribution in [0.1, 0.15) is 343 Å². The summed E-state index contributed by atoms with van der Waals surface area (Å²) in [5.74, 6) is -0.713. The minimum atomic E-state index is -4.95. The number of phosphoric acid groups is 2. The van der Waals surface area contributed by atoms with Crippen LogP contribution in [0.5, 0.6) is 0 Å². The summed E-state index contributed by atoms with van der Waals surface area (Å²) in [5.41, 5.74) is 0. The summed E-state index contributed by atoms with van der Waals surface area (Å²) in [6.45, 7) is 9.39. The van der Waals surface area contributed by atoms with Crippen LogP contribution in [0.3, 0.4) is 0 Å². The van der Waals surface area contributed by atoms with E-state index in [1.807, 2.05) is 0 Å². The van der Waals surface area contributed by atoms with E-state index in [1.165, 1.54) is 148 Å².